The first-order valence-corrected chi connectivity index (χ1v) is 12.3. The number of benzene rings is 1. The van der Waals surface area contributed by atoms with Crippen LogP contribution in [0, 0.1) is 6.92 Å². The van der Waals surface area contributed by atoms with Crippen molar-refractivity contribution >= 4 is 11.0 Å². The number of rotatable bonds is 6. The molecule has 0 bridgehead atoms. The molecule has 0 aliphatic heterocycles. The molecular formula is C27H24F3N7O2. The number of aliphatic hydroxyl groups is 1. The fourth-order valence-electron chi connectivity index (χ4n) is 4.81. The summed E-state index contributed by atoms with van der Waals surface area (Å²) in [6.07, 6.45) is 2.20. The Kier molecular flexibility index (Phi) is 5.87. The van der Waals surface area contributed by atoms with Crippen molar-refractivity contribution in [1.82, 2.24) is 34.5 Å². The number of aliphatic hydroxyl groups excluding tert-OH is 1. The van der Waals surface area contributed by atoms with Crippen LogP contribution in [0.5, 0.6) is 5.88 Å². The molecule has 4 aromatic heterocycles. The second kappa shape index (κ2) is 9.16. The highest BCUT2D eigenvalue weighted by molar-refractivity contribution is 5.82. The van der Waals surface area contributed by atoms with Crippen molar-refractivity contribution < 1.29 is 23.0 Å². The number of aromatic nitrogens is 7. The molecule has 0 saturated heterocycles. The molecule has 200 valence electrons. The number of alkyl halides is 3. The fourth-order valence-corrected chi connectivity index (χ4v) is 4.81. The Bertz CT molecular complexity index is 1710. The molecule has 1 aliphatic rings. The minimum atomic E-state index is -4.54. The number of nitrogens with one attached hydrogen (secondary N) is 1. The van der Waals surface area contributed by atoms with Gasteiger partial charge in [-0.1, -0.05) is 18.2 Å². The average Bonchev–Trinajstić information content (AvgIpc) is 3.56. The van der Waals surface area contributed by atoms with Crippen LogP contribution in [-0.2, 0) is 13.2 Å². The highest BCUT2D eigenvalue weighted by atomic mass is 19.4. The molecule has 5 aromatic rings. The molecule has 1 unspecified atom stereocenters. The van der Waals surface area contributed by atoms with Gasteiger partial charge in [0.1, 0.15) is 23.8 Å². The normalized spacial score (nSPS) is 14.6. The second-order valence-electron chi connectivity index (χ2n) is 9.65. The van der Waals surface area contributed by atoms with E-state index in [0.717, 1.165) is 24.7 Å². The van der Waals surface area contributed by atoms with Crippen LogP contribution in [0.4, 0.5) is 13.2 Å². The number of aromatic amines is 1. The van der Waals surface area contributed by atoms with Crippen LogP contribution in [-0.4, -0.2) is 46.7 Å². The van der Waals surface area contributed by atoms with Gasteiger partial charge in [0.05, 0.1) is 30.0 Å². The minimum Gasteiger partial charge on any atom is -0.480 e. The van der Waals surface area contributed by atoms with Gasteiger partial charge in [0.25, 0.3) is 0 Å². The molecule has 0 amide bonds. The predicted molar refractivity (Wildman–Crippen MR) is 136 cm³/mol. The maximum atomic E-state index is 13.2. The van der Waals surface area contributed by atoms with E-state index < -0.39 is 18.0 Å². The highest BCUT2D eigenvalue weighted by Gasteiger charge is 2.35. The van der Waals surface area contributed by atoms with Gasteiger partial charge in [0.15, 0.2) is 11.5 Å². The number of aryl methyl sites for hydroxylation is 2. The Morgan fingerprint density at radius 1 is 1.15 bits per heavy atom. The summed E-state index contributed by atoms with van der Waals surface area (Å²) in [5.74, 6) is 1.28. The first-order valence-electron chi connectivity index (χ1n) is 12.3. The van der Waals surface area contributed by atoms with Crippen LogP contribution in [0.25, 0.3) is 33.8 Å². The van der Waals surface area contributed by atoms with Gasteiger partial charge in [-0.3, -0.25) is 0 Å². The third-order valence-corrected chi connectivity index (χ3v) is 6.94. The largest absolute Gasteiger partial charge is 0.480 e. The lowest BCUT2D eigenvalue weighted by molar-refractivity contribution is -0.140. The number of hydrogen-bond acceptors (Lipinski definition) is 7. The van der Waals surface area contributed by atoms with Crippen molar-refractivity contribution in [3.63, 3.8) is 0 Å². The molecule has 1 atom stereocenters. The van der Waals surface area contributed by atoms with Gasteiger partial charge < -0.3 is 19.4 Å². The first-order chi connectivity index (χ1) is 18.7. The Morgan fingerprint density at radius 3 is 2.62 bits per heavy atom. The lowest BCUT2D eigenvalue weighted by Crippen LogP contribution is -2.05. The maximum absolute atomic E-state index is 13.2. The molecule has 1 saturated carbocycles. The molecular weight excluding hydrogens is 511 g/mol. The van der Waals surface area contributed by atoms with Crippen molar-refractivity contribution in [3.8, 4) is 28.7 Å². The van der Waals surface area contributed by atoms with Gasteiger partial charge in [-0.2, -0.15) is 13.2 Å². The Morgan fingerprint density at radius 2 is 1.95 bits per heavy atom. The Labute approximate surface area is 220 Å². The van der Waals surface area contributed by atoms with Crippen LogP contribution < -0.4 is 4.74 Å². The smallest absolute Gasteiger partial charge is 0.434 e. The Hall–Kier alpha value is -4.32. The molecule has 9 nitrogen and oxygen atoms in total. The van der Waals surface area contributed by atoms with Crippen LogP contribution in [0.1, 0.15) is 52.9 Å². The van der Waals surface area contributed by atoms with E-state index in [1.54, 1.807) is 37.5 Å². The molecule has 6 rings (SSSR count). The van der Waals surface area contributed by atoms with E-state index in [1.807, 2.05) is 0 Å². The van der Waals surface area contributed by atoms with Crippen LogP contribution in [0.2, 0.25) is 0 Å². The van der Waals surface area contributed by atoms with Crippen molar-refractivity contribution in [1.29, 1.82) is 0 Å². The van der Waals surface area contributed by atoms with E-state index in [-0.39, 0.29) is 5.82 Å². The van der Waals surface area contributed by atoms with Crippen LogP contribution in [0.3, 0.4) is 0 Å². The van der Waals surface area contributed by atoms with E-state index in [0.29, 0.717) is 56.5 Å². The number of hydrogen-bond donors (Lipinski definition) is 2. The third kappa shape index (κ3) is 4.40. The van der Waals surface area contributed by atoms with E-state index in [2.05, 4.69) is 24.9 Å². The topological polar surface area (TPSA) is 115 Å². The van der Waals surface area contributed by atoms with E-state index in [4.69, 9.17) is 9.72 Å². The molecule has 12 heteroatoms. The van der Waals surface area contributed by atoms with Gasteiger partial charge in [0.2, 0.25) is 5.88 Å². The number of ether oxygens (including phenoxy) is 1. The number of nitrogens with zero attached hydrogens (tertiary/aromatic N) is 6. The monoisotopic (exact) mass is 535 g/mol. The fraction of sp³-hybridized carbons (Fsp3) is 0.296. The molecule has 39 heavy (non-hydrogen) atoms. The summed E-state index contributed by atoms with van der Waals surface area (Å²) in [4.78, 5) is 24.9. The average molecular weight is 536 g/mol. The second-order valence-corrected chi connectivity index (χ2v) is 9.65. The van der Waals surface area contributed by atoms with Crippen LogP contribution in [0.15, 0.2) is 43.1 Å². The summed E-state index contributed by atoms with van der Waals surface area (Å²) in [5.41, 5.74) is 3.98. The summed E-state index contributed by atoms with van der Waals surface area (Å²) in [6.45, 7) is 1.77. The minimum absolute atomic E-state index is 0.191. The molecule has 1 aliphatic carbocycles. The predicted octanol–water partition coefficient (Wildman–Crippen LogP) is 5.11. The standard InChI is InChI=1S/C27H24F3N7O2/c1-13-8-15(6-7-16(13)25-35-19(11-37(25)2)27(28,29)30)23(38)17-9-31-18-10-32-24(36-22(17)18)20-21(14-4-5-14)33-12-34-26(20)39-3/h6-12,14,23,31,38H,4-5H2,1-3H3. The molecule has 0 spiro atoms. The number of imidazole rings is 1. The van der Waals surface area contributed by atoms with Gasteiger partial charge in [0, 0.05) is 36.5 Å². The summed E-state index contributed by atoms with van der Waals surface area (Å²) >= 11 is 0. The van der Waals surface area contributed by atoms with E-state index in [1.165, 1.54) is 25.1 Å². The molecule has 1 aromatic carbocycles. The zero-order valence-corrected chi connectivity index (χ0v) is 21.3. The molecule has 4 heterocycles. The van der Waals surface area contributed by atoms with Crippen molar-refractivity contribution in [2.75, 3.05) is 7.11 Å². The summed E-state index contributed by atoms with van der Waals surface area (Å²) < 4.78 is 46.3. The summed E-state index contributed by atoms with van der Waals surface area (Å²) in [7, 11) is 3.05. The summed E-state index contributed by atoms with van der Waals surface area (Å²) in [5, 5.41) is 11.3. The SMILES string of the molecule is COc1ncnc(C2CC2)c1-c1ncc2[nH]cc(C(O)c3ccc(-c4nc(C(F)(F)F)cn4C)c(C)c3)c2n1. The van der Waals surface area contributed by atoms with Crippen LogP contribution >= 0.6 is 0 Å². The number of fused-ring (bicyclic) bond motifs is 1. The first kappa shape index (κ1) is 25.0. The van der Waals surface area contributed by atoms with Gasteiger partial charge in [-0.15, -0.1) is 0 Å². The van der Waals surface area contributed by atoms with E-state index >= 15 is 0 Å². The number of halogens is 3. The van der Waals surface area contributed by atoms with E-state index in [9.17, 15) is 18.3 Å². The lowest BCUT2D eigenvalue weighted by atomic mass is 9.98. The molecule has 2 N–H and O–H groups in total. The quantitative estimate of drug-likeness (QED) is 0.311. The van der Waals surface area contributed by atoms with Gasteiger partial charge in [-0.25, -0.2) is 24.9 Å². The zero-order valence-electron chi connectivity index (χ0n) is 21.3. The summed E-state index contributed by atoms with van der Waals surface area (Å²) in [6, 6.07) is 5.08. The third-order valence-electron chi connectivity index (χ3n) is 6.94. The van der Waals surface area contributed by atoms with Crippen molar-refractivity contribution in [2.24, 2.45) is 7.05 Å². The van der Waals surface area contributed by atoms with Gasteiger partial charge >= 0.3 is 6.18 Å². The van der Waals surface area contributed by atoms with Crippen molar-refractivity contribution in [3.05, 3.63) is 71.2 Å². The number of methoxy groups -OCH3 is 1. The number of H-pyrrole nitrogens is 1. The molecule has 1 fully saturated rings. The van der Waals surface area contributed by atoms with Gasteiger partial charge in [-0.05, 0) is 30.9 Å². The maximum Gasteiger partial charge on any atom is 0.434 e. The zero-order chi connectivity index (χ0) is 27.5. The Balaban J connectivity index is 1.38. The van der Waals surface area contributed by atoms with Crippen molar-refractivity contribution in [2.45, 2.75) is 38.0 Å². The molecule has 0 radical (unpaired) electrons. The lowest BCUT2D eigenvalue weighted by Gasteiger charge is -2.14. The highest BCUT2D eigenvalue weighted by Crippen LogP contribution is 2.45.